The molecule has 6 heterocycles. The van der Waals surface area contributed by atoms with Crippen LogP contribution >= 0.6 is 11.8 Å². The van der Waals surface area contributed by atoms with Gasteiger partial charge in [0.15, 0.2) is 0 Å². The molecule has 17 amide bonds. The van der Waals surface area contributed by atoms with Crippen molar-refractivity contribution in [3.63, 3.8) is 0 Å². The van der Waals surface area contributed by atoms with E-state index in [1.54, 1.807) is 74.8 Å². The van der Waals surface area contributed by atoms with Gasteiger partial charge in [-0.3, -0.25) is 81.5 Å². The smallest absolute Gasteiger partial charge is 0.246 e. The Labute approximate surface area is 755 Å². The molecular formula is C88H121N21O20S. The normalized spacial score (nSPS) is 25.3. The van der Waals surface area contributed by atoms with E-state index in [-0.39, 0.29) is 82.4 Å². The molecule has 3 aromatic carbocycles. The number of para-hydroxylation sites is 2. The number of fused-ring (bicyclic) bond motifs is 4. The molecule has 704 valence electrons. The number of carbonyl (C=O) groups excluding carboxylic acids is 17. The average Bonchev–Trinajstić information content (AvgIpc) is 1.63. The second-order valence-corrected chi connectivity index (χ2v) is 34.7. The third-order valence-corrected chi connectivity index (χ3v) is 24.5. The zero-order valence-corrected chi connectivity index (χ0v) is 75.2. The number of nitrogens with zero attached hydrogens (tertiary/aromatic N) is 6. The standard InChI is InChI=1S/C88H121N21O20S/c1-10-12-23-68-81(122)96-48(5)75(116)104-67(77(118)94-41-73(90)114)44-130-45-74(115)97-63(32-50-26-28-54(111)29-27-50)84(125)105(7)49(6)76(117)100-65(37-72(89)113)86(127)108-30-18-25-69(108)82(123)99-61(35-53-40-91-46-95-53)79(120)101-62(31-47(3)4)87(128)109-42-55(112)36-71(109)83(124)98-60(33-51-38-92-58-21-16-14-19-56(51)58)78(119)103-66(43-110)80(121)102-64(34-52-39-93-59-22-17-15-20-57(52)59)85(126)107(9)70(24-13-11-2)88(129)106(68)8/h14-17,19-22,26-29,38-40,46-49,55,60-71,92-93,110-112H,10-13,18,23-25,30-37,41-45H2,1-9H3,(H2,89,113)(H2,90,114)(H,91,95)(H,94,118)(H,96,122)(H,97,115)(H,98,124)(H,99,123)(H,100,117)(H,101,120)(H,102,121)(H,103,119)(H,104,116)/t48-,49-,55+,60-,61-,62-,63-,64-,65?,66-,67-,68-,69-,70-,71-/m0/s1. The molecule has 3 fully saturated rings. The van der Waals surface area contributed by atoms with Gasteiger partial charge in [0.25, 0.3) is 0 Å². The number of aliphatic hydroxyl groups is 2. The van der Waals surface area contributed by atoms with Gasteiger partial charge in [-0.15, -0.1) is 11.8 Å². The summed E-state index contributed by atoms with van der Waals surface area (Å²) in [6.45, 7) is 7.42. The van der Waals surface area contributed by atoms with Gasteiger partial charge in [0.1, 0.15) is 90.3 Å². The first-order valence-electron chi connectivity index (χ1n) is 43.6. The monoisotopic (exact) mass is 1820 g/mol. The van der Waals surface area contributed by atoms with Crippen LogP contribution < -0.4 is 64.6 Å². The summed E-state index contributed by atoms with van der Waals surface area (Å²) in [6, 6.07) is -1.75. The van der Waals surface area contributed by atoms with E-state index in [4.69, 9.17) is 11.5 Å². The van der Waals surface area contributed by atoms with Crippen LogP contribution in [0.3, 0.4) is 0 Å². The van der Waals surface area contributed by atoms with Crippen LogP contribution in [-0.2, 0) is 107 Å². The summed E-state index contributed by atoms with van der Waals surface area (Å²) < 4.78 is 0. The fraction of sp³-hybridized carbons (Fsp3) is 0.523. The van der Waals surface area contributed by atoms with Crippen molar-refractivity contribution >= 4 is 134 Å². The minimum Gasteiger partial charge on any atom is -0.508 e. The number of carbonyl (C=O) groups is 17. The summed E-state index contributed by atoms with van der Waals surface area (Å²) in [5.41, 5.74) is 14.1. The number of unbranched alkanes of at least 4 members (excludes halogenated alkanes) is 2. The molecule has 41 nitrogen and oxygen atoms in total. The van der Waals surface area contributed by atoms with Crippen LogP contribution in [0.1, 0.15) is 135 Å². The van der Waals surface area contributed by atoms with Crippen LogP contribution in [0.2, 0.25) is 0 Å². The molecule has 3 aliphatic heterocycles. The summed E-state index contributed by atoms with van der Waals surface area (Å²) in [5, 5.41) is 60.3. The van der Waals surface area contributed by atoms with Gasteiger partial charge in [0, 0.05) is 118 Å². The minimum atomic E-state index is -1.87. The molecule has 1 unspecified atom stereocenters. The predicted octanol–water partition coefficient (Wildman–Crippen LogP) is -2.17. The number of imidazole rings is 1. The number of likely N-dealkylation sites (N-methyl/N-ethyl adjacent to an activating group) is 3. The van der Waals surface area contributed by atoms with E-state index in [0.717, 1.165) is 36.3 Å². The van der Waals surface area contributed by atoms with E-state index in [1.165, 1.54) is 71.8 Å². The maximum absolute atomic E-state index is 15.6. The first kappa shape index (κ1) is 101. The van der Waals surface area contributed by atoms with Gasteiger partial charge in [-0.2, -0.15) is 0 Å². The summed E-state index contributed by atoms with van der Waals surface area (Å²) in [7, 11) is 3.93. The Morgan fingerprint density at radius 1 is 0.554 bits per heavy atom. The van der Waals surface area contributed by atoms with Crippen LogP contribution in [0.15, 0.2) is 97.7 Å². The van der Waals surface area contributed by atoms with E-state index >= 15 is 33.6 Å². The number of phenols is 1. The molecule has 0 bridgehead atoms. The number of aromatic hydroxyl groups is 1. The molecule has 0 saturated carbocycles. The number of hydrogen-bond acceptors (Lipinski definition) is 22. The SMILES string of the molecule is CCCC[C@H]1C(=O)N(C)[C@@H](CCCC)C(=O)N[C@@H](C)C(=O)N[C@H](C(=O)NCC(N)=O)CSCC(=O)N[C@@H](Cc2ccc(O)cc2)C(=O)N(C)[C@@H](C)C(=O)NC(CC(N)=O)C(=O)N2CCC[C@H]2C(=O)N[C@@H](Cc2cnc[nH]2)C(=O)N[C@@H](CC(C)C)C(=O)N2C[C@H](O)C[C@H]2C(=O)N[C@@H](Cc2c[nH]c3ccccc23)C(=O)N[C@@H](CO)C(=O)N[C@@H](Cc2c[nH]c3ccccc23)C(=O)N1C. The Bertz CT molecular complexity index is 5050. The predicted molar refractivity (Wildman–Crippen MR) is 476 cm³/mol. The maximum atomic E-state index is 15.6. The Hall–Kier alpha value is -13.0. The lowest BCUT2D eigenvalue weighted by Gasteiger charge is -2.36. The zero-order chi connectivity index (χ0) is 94.9. The molecule has 0 aliphatic carbocycles. The second-order valence-electron chi connectivity index (χ2n) is 33.7. The van der Waals surface area contributed by atoms with E-state index in [0.29, 0.717) is 69.9 Å². The highest BCUT2D eigenvalue weighted by Gasteiger charge is 2.47. The van der Waals surface area contributed by atoms with Crippen molar-refractivity contribution in [1.29, 1.82) is 0 Å². The number of benzene rings is 3. The van der Waals surface area contributed by atoms with Crippen LogP contribution in [0, 0.1) is 5.92 Å². The summed E-state index contributed by atoms with van der Waals surface area (Å²) in [6.07, 6.45) is 4.18. The van der Waals surface area contributed by atoms with Gasteiger partial charge < -0.3 is 119 Å². The number of rotatable bonds is 22. The van der Waals surface area contributed by atoms with Gasteiger partial charge in [0.2, 0.25) is 100 Å². The van der Waals surface area contributed by atoms with Gasteiger partial charge in [-0.1, -0.05) is 102 Å². The quantitative estimate of drug-likeness (QED) is 0.0344. The molecule has 6 aromatic rings. The summed E-state index contributed by atoms with van der Waals surface area (Å²) in [5.74, 6) is -17.2. The number of thioether (sulfide) groups is 1. The van der Waals surface area contributed by atoms with Crippen molar-refractivity contribution in [1.82, 2.24) is 97.6 Å². The first-order chi connectivity index (χ1) is 61.9. The molecule has 3 aliphatic rings. The van der Waals surface area contributed by atoms with Crippen LogP contribution in [0.25, 0.3) is 21.8 Å². The number of nitrogens with one attached hydrogen (secondary N) is 13. The highest BCUT2D eigenvalue weighted by molar-refractivity contribution is 8.00. The molecule has 0 radical (unpaired) electrons. The fourth-order valence-electron chi connectivity index (χ4n) is 16.1. The van der Waals surface area contributed by atoms with Gasteiger partial charge in [-0.05, 0) is 92.8 Å². The molecule has 0 spiro atoms. The number of amides is 17. The number of primary amides is 2. The van der Waals surface area contributed by atoms with Crippen LogP contribution in [0.5, 0.6) is 5.75 Å². The average molecular weight is 1830 g/mol. The fourth-order valence-corrected chi connectivity index (χ4v) is 17.0. The number of H-pyrrole nitrogens is 3. The van der Waals surface area contributed by atoms with E-state index < -0.39 is 229 Å². The molecule has 20 N–H and O–H groups in total. The summed E-state index contributed by atoms with van der Waals surface area (Å²) >= 11 is 0.783. The molecule has 9 rings (SSSR count). The van der Waals surface area contributed by atoms with E-state index in [9.17, 15) is 63.3 Å². The highest BCUT2D eigenvalue weighted by atomic mass is 32.2. The Morgan fingerprint density at radius 3 is 1.68 bits per heavy atom. The molecule has 15 atom stereocenters. The van der Waals surface area contributed by atoms with Crippen molar-refractivity contribution in [2.45, 2.75) is 229 Å². The third-order valence-electron chi connectivity index (χ3n) is 23.5. The number of aromatic nitrogens is 4. The topological polar surface area (TPSA) is 600 Å². The molecule has 3 saturated heterocycles. The highest BCUT2D eigenvalue weighted by Crippen LogP contribution is 2.28. The Balaban J connectivity index is 1.08. The Kier molecular flexibility index (Phi) is 36.7. The minimum absolute atomic E-state index is 0.00987. The first-order valence-corrected chi connectivity index (χ1v) is 44.8. The lowest BCUT2D eigenvalue weighted by atomic mass is 10.00. The Morgan fingerprint density at radius 2 is 1.09 bits per heavy atom. The van der Waals surface area contributed by atoms with Crippen LogP contribution in [0.4, 0.5) is 0 Å². The van der Waals surface area contributed by atoms with Gasteiger partial charge >= 0.3 is 0 Å². The van der Waals surface area contributed by atoms with E-state index in [2.05, 4.69) is 73.1 Å². The lowest BCUT2D eigenvalue weighted by Crippen LogP contribution is -2.61. The number of aromatic amines is 3. The second kappa shape index (κ2) is 47.4. The molecular weight excluding hydrogens is 1700 g/mol. The molecule has 130 heavy (non-hydrogen) atoms. The van der Waals surface area contributed by atoms with Gasteiger partial charge in [0.05, 0.1) is 37.8 Å². The maximum Gasteiger partial charge on any atom is 0.246 e. The number of hydrogen-bond donors (Lipinski definition) is 18. The molecule has 42 heteroatoms. The van der Waals surface area contributed by atoms with Crippen molar-refractivity contribution in [3.05, 3.63) is 120 Å². The molecule has 3 aromatic heterocycles. The number of nitrogens with two attached hydrogens (primary N) is 2. The number of phenolic OH excluding ortho intramolecular Hbond substituents is 1. The number of aliphatic hydroxyl groups excluding tert-OH is 2. The van der Waals surface area contributed by atoms with Crippen molar-refractivity contribution in [2.75, 3.05) is 58.9 Å². The zero-order valence-electron chi connectivity index (χ0n) is 74.4. The van der Waals surface area contributed by atoms with Crippen molar-refractivity contribution < 1.29 is 96.8 Å². The van der Waals surface area contributed by atoms with Crippen molar-refractivity contribution in [2.24, 2.45) is 17.4 Å². The lowest BCUT2D eigenvalue weighted by molar-refractivity contribution is -0.149. The van der Waals surface area contributed by atoms with E-state index in [1.807, 2.05) is 13.8 Å². The summed E-state index contributed by atoms with van der Waals surface area (Å²) in [4.78, 5) is 267. The van der Waals surface area contributed by atoms with Crippen molar-refractivity contribution in [3.8, 4) is 5.75 Å². The van der Waals surface area contributed by atoms with Crippen LogP contribution in [-0.4, -0.2) is 310 Å². The largest absolute Gasteiger partial charge is 0.508 e. The third kappa shape index (κ3) is 27.1. The van der Waals surface area contributed by atoms with Gasteiger partial charge in [-0.25, -0.2) is 4.98 Å².